The minimum Gasteiger partial charge on any atom is -0.481 e. The highest BCUT2D eigenvalue weighted by Gasteiger charge is 2.31. The number of rotatable bonds is 3. The van der Waals surface area contributed by atoms with Crippen LogP contribution in [0, 0.1) is 5.92 Å². The molecule has 0 spiro atoms. The fourth-order valence-corrected chi connectivity index (χ4v) is 3.43. The Morgan fingerprint density at radius 2 is 1.67 bits per heavy atom. The Hall–Kier alpha value is -1.69. The van der Waals surface area contributed by atoms with Crippen LogP contribution in [0.2, 0.25) is 0 Å². The Bertz CT molecular complexity index is 466. The molecule has 1 aromatic heterocycles. The molecule has 1 aliphatic heterocycles. The molecule has 1 N–H and O–H groups in total. The summed E-state index contributed by atoms with van der Waals surface area (Å²) in [6.07, 6.45) is 7.23. The van der Waals surface area contributed by atoms with Gasteiger partial charge in [0, 0.05) is 44.6 Å². The third-order valence-electron chi connectivity index (χ3n) is 4.71. The molecule has 2 aliphatic rings. The molecule has 1 aliphatic carbocycles. The highest BCUT2D eigenvalue weighted by molar-refractivity contribution is 5.70. The topological polar surface area (TPSA) is 69.6 Å². The van der Waals surface area contributed by atoms with Crippen molar-refractivity contribution in [3.8, 4) is 0 Å². The lowest BCUT2D eigenvalue weighted by Crippen LogP contribution is -2.51. The second-order valence-electron chi connectivity index (χ2n) is 5.92. The summed E-state index contributed by atoms with van der Waals surface area (Å²) in [4.78, 5) is 24.3. The fraction of sp³-hybridized carbons (Fsp3) is 0.667. The van der Waals surface area contributed by atoms with Crippen molar-refractivity contribution in [3.63, 3.8) is 0 Å². The summed E-state index contributed by atoms with van der Waals surface area (Å²) < 4.78 is 0. The van der Waals surface area contributed by atoms with Gasteiger partial charge in [-0.2, -0.15) is 0 Å². The maximum absolute atomic E-state index is 11.0. The van der Waals surface area contributed by atoms with Gasteiger partial charge >= 0.3 is 5.97 Å². The van der Waals surface area contributed by atoms with Crippen LogP contribution in [0.3, 0.4) is 0 Å². The molecule has 0 amide bonds. The molecule has 3 rings (SSSR count). The summed E-state index contributed by atoms with van der Waals surface area (Å²) in [6, 6.07) is 2.39. The van der Waals surface area contributed by atoms with Crippen LogP contribution in [-0.4, -0.2) is 58.2 Å². The number of anilines is 1. The molecule has 1 saturated heterocycles. The molecule has 0 aromatic carbocycles. The number of hydrogen-bond donors (Lipinski definition) is 1. The lowest BCUT2D eigenvalue weighted by molar-refractivity contribution is -0.143. The molecule has 2 heterocycles. The van der Waals surface area contributed by atoms with E-state index < -0.39 is 5.97 Å². The van der Waals surface area contributed by atoms with Crippen molar-refractivity contribution >= 4 is 11.9 Å². The molecule has 6 nitrogen and oxygen atoms in total. The van der Waals surface area contributed by atoms with Gasteiger partial charge in [0.25, 0.3) is 0 Å². The number of carboxylic acid groups (broad SMARTS) is 1. The molecule has 0 radical (unpaired) electrons. The van der Waals surface area contributed by atoms with E-state index in [4.69, 9.17) is 5.11 Å². The van der Waals surface area contributed by atoms with E-state index >= 15 is 0 Å². The molecule has 21 heavy (non-hydrogen) atoms. The zero-order chi connectivity index (χ0) is 14.7. The number of hydrogen-bond acceptors (Lipinski definition) is 5. The van der Waals surface area contributed by atoms with E-state index in [2.05, 4.69) is 19.8 Å². The summed E-state index contributed by atoms with van der Waals surface area (Å²) in [6.45, 7) is 3.92. The van der Waals surface area contributed by atoms with E-state index in [1.165, 1.54) is 0 Å². The van der Waals surface area contributed by atoms with Gasteiger partial charge in [0.15, 0.2) is 0 Å². The van der Waals surface area contributed by atoms with Crippen LogP contribution in [0.1, 0.15) is 25.7 Å². The summed E-state index contributed by atoms with van der Waals surface area (Å²) in [5, 5.41) is 9.06. The monoisotopic (exact) mass is 290 g/mol. The first-order valence-corrected chi connectivity index (χ1v) is 7.73. The normalized spacial score (nSPS) is 27.5. The van der Waals surface area contributed by atoms with Gasteiger partial charge in [-0.3, -0.25) is 9.69 Å². The number of aliphatic carboxylic acids is 1. The van der Waals surface area contributed by atoms with Crippen molar-refractivity contribution in [3.05, 3.63) is 18.5 Å². The molecule has 1 aromatic rings. The zero-order valence-electron chi connectivity index (χ0n) is 12.2. The summed E-state index contributed by atoms with van der Waals surface area (Å²) in [5.41, 5.74) is 0. The van der Waals surface area contributed by atoms with Gasteiger partial charge in [0.2, 0.25) is 5.95 Å². The van der Waals surface area contributed by atoms with E-state index in [1.54, 1.807) is 12.4 Å². The van der Waals surface area contributed by atoms with Crippen LogP contribution in [0.15, 0.2) is 18.5 Å². The summed E-state index contributed by atoms with van der Waals surface area (Å²) in [7, 11) is 0. The second-order valence-corrected chi connectivity index (χ2v) is 5.92. The highest BCUT2D eigenvalue weighted by Crippen LogP contribution is 2.28. The zero-order valence-corrected chi connectivity index (χ0v) is 12.2. The number of piperazine rings is 1. The number of nitrogens with zero attached hydrogens (tertiary/aromatic N) is 4. The van der Waals surface area contributed by atoms with Crippen LogP contribution >= 0.6 is 0 Å². The standard InChI is InChI=1S/C15H22N4O2/c20-14(21)12-2-4-13(5-3-12)18-8-10-19(11-9-18)15-16-6-1-7-17-15/h1,6-7,12-13H,2-5,8-11H2,(H,20,21). The lowest BCUT2D eigenvalue weighted by Gasteiger charge is -2.41. The average molecular weight is 290 g/mol. The molecule has 1 saturated carbocycles. The molecule has 6 heteroatoms. The SMILES string of the molecule is O=C(O)C1CCC(N2CCN(c3ncccn3)CC2)CC1. The van der Waals surface area contributed by atoms with Crippen LogP contribution in [-0.2, 0) is 4.79 Å². The van der Waals surface area contributed by atoms with Gasteiger partial charge in [-0.25, -0.2) is 9.97 Å². The van der Waals surface area contributed by atoms with Gasteiger partial charge < -0.3 is 10.0 Å². The van der Waals surface area contributed by atoms with Gasteiger partial charge in [-0.15, -0.1) is 0 Å². The molecule has 0 bridgehead atoms. The number of carboxylic acids is 1. The molecular weight excluding hydrogens is 268 g/mol. The number of carbonyl (C=O) groups is 1. The van der Waals surface area contributed by atoms with Gasteiger partial charge in [0.1, 0.15) is 0 Å². The predicted octanol–water partition coefficient (Wildman–Crippen LogP) is 1.24. The smallest absolute Gasteiger partial charge is 0.306 e. The summed E-state index contributed by atoms with van der Waals surface area (Å²) in [5.74, 6) is 0.0616. The van der Waals surface area contributed by atoms with E-state index in [1.807, 2.05) is 6.07 Å². The lowest BCUT2D eigenvalue weighted by atomic mass is 9.85. The molecular formula is C15H22N4O2. The Balaban J connectivity index is 1.49. The van der Waals surface area contributed by atoms with Crippen LogP contribution in [0.5, 0.6) is 0 Å². The average Bonchev–Trinajstić information content (AvgIpc) is 2.56. The van der Waals surface area contributed by atoms with Crippen molar-refractivity contribution in [2.75, 3.05) is 31.1 Å². The van der Waals surface area contributed by atoms with Gasteiger partial charge in [-0.05, 0) is 31.7 Å². The first kappa shape index (κ1) is 14.3. The predicted molar refractivity (Wildman–Crippen MR) is 79.2 cm³/mol. The maximum atomic E-state index is 11.0. The van der Waals surface area contributed by atoms with Crippen molar-refractivity contribution in [2.24, 2.45) is 5.92 Å². The number of aromatic nitrogens is 2. The second kappa shape index (κ2) is 6.39. The molecule has 114 valence electrons. The quantitative estimate of drug-likeness (QED) is 0.903. The third kappa shape index (κ3) is 3.32. The van der Waals surface area contributed by atoms with Crippen LogP contribution in [0.4, 0.5) is 5.95 Å². The molecule has 2 fully saturated rings. The molecule has 0 atom stereocenters. The minimum atomic E-state index is -0.625. The van der Waals surface area contributed by atoms with Crippen molar-refractivity contribution in [1.29, 1.82) is 0 Å². The first-order chi connectivity index (χ1) is 10.2. The van der Waals surface area contributed by atoms with E-state index in [0.717, 1.165) is 57.8 Å². The Morgan fingerprint density at radius 3 is 2.24 bits per heavy atom. The van der Waals surface area contributed by atoms with E-state index in [0.29, 0.717) is 6.04 Å². The maximum Gasteiger partial charge on any atom is 0.306 e. The first-order valence-electron chi connectivity index (χ1n) is 7.73. The van der Waals surface area contributed by atoms with Crippen LogP contribution < -0.4 is 4.90 Å². The Kier molecular flexibility index (Phi) is 4.34. The van der Waals surface area contributed by atoms with Crippen molar-refractivity contribution < 1.29 is 9.90 Å². The highest BCUT2D eigenvalue weighted by atomic mass is 16.4. The largest absolute Gasteiger partial charge is 0.481 e. The van der Waals surface area contributed by atoms with Gasteiger partial charge in [-0.1, -0.05) is 0 Å². The third-order valence-corrected chi connectivity index (χ3v) is 4.71. The van der Waals surface area contributed by atoms with Crippen molar-refractivity contribution in [2.45, 2.75) is 31.7 Å². The van der Waals surface area contributed by atoms with Crippen molar-refractivity contribution in [1.82, 2.24) is 14.9 Å². The van der Waals surface area contributed by atoms with Gasteiger partial charge in [0.05, 0.1) is 5.92 Å². The summed E-state index contributed by atoms with van der Waals surface area (Å²) >= 11 is 0. The molecule has 0 unspecified atom stereocenters. The van der Waals surface area contributed by atoms with Crippen LogP contribution in [0.25, 0.3) is 0 Å². The van der Waals surface area contributed by atoms with E-state index in [-0.39, 0.29) is 5.92 Å². The van der Waals surface area contributed by atoms with E-state index in [9.17, 15) is 4.79 Å². The fourth-order valence-electron chi connectivity index (χ4n) is 3.43. The minimum absolute atomic E-state index is 0.125. The Morgan fingerprint density at radius 1 is 1.05 bits per heavy atom. The Labute approximate surface area is 124 Å².